The number of morpholine rings is 1. The van der Waals surface area contributed by atoms with E-state index in [9.17, 15) is 14.0 Å². The highest BCUT2D eigenvalue weighted by molar-refractivity contribution is 5.92. The Balaban J connectivity index is 1.37. The Morgan fingerprint density at radius 1 is 1.20 bits per heavy atom. The van der Waals surface area contributed by atoms with Crippen LogP contribution in [0.2, 0.25) is 0 Å². The zero-order chi connectivity index (χ0) is 20.9. The number of pyridine rings is 1. The number of nitrogens with zero attached hydrogens (tertiary/aromatic N) is 4. The fourth-order valence-electron chi connectivity index (χ4n) is 4.53. The Hall–Kier alpha value is -2.06. The summed E-state index contributed by atoms with van der Waals surface area (Å²) in [7, 11) is 0. The van der Waals surface area contributed by atoms with Crippen molar-refractivity contribution in [1.82, 2.24) is 19.7 Å². The highest BCUT2D eigenvalue weighted by Crippen LogP contribution is 2.30. The van der Waals surface area contributed by atoms with Gasteiger partial charge in [-0.1, -0.05) is 6.42 Å². The smallest absolute Gasteiger partial charge is 0.275 e. The van der Waals surface area contributed by atoms with E-state index in [1.54, 1.807) is 4.90 Å². The average molecular weight is 419 g/mol. The summed E-state index contributed by atoms with van der Waals surface area (Å²) in [6.45, 7) is 6.06. The molecule has 0 aromatic carbocycles. The highest BCUT2D eigenvalue weighted by Gasteiger charge is 2.37. The van der Waals surface area contributed by atoms with Crippen LogP contribution < -0.4 is 0 Å². The van der Waals surface area contributed by atoms with Gasteiger partial charge in [-0.25, -0.2) is 9.37 Å². The first-order valence-corrected chi connectivity index (χ1v) is 11.1. The van der Waals surface area contributed by atoms with Gasteiger partial charge in [0.05, 0.1) is 19.3 Å². The Kier molecular flexibility index (Phi) is 6.94. The fraction of sp³-hybridized carbons (Fsp3) is 0.682. The summed E-state index contributed by atoms with van der Waals surface area (Å²) in [5, 5.41) is 0. The summed E-state index contributed by atoms with van der Waals surface area (Å²) in [4.78, 5) is 35.8. The SMILES string of the molecule is O=C(c1ncccc1F)N1CCC(N(CCCN2CCOCC2)C(=O)C2CCC2)C1. The van der Waals surface area contributed by atoms with Crippen molar-refractivity contribution < 1.29 is 18.7 Å². The minimum Gasteiger partial charge on any atom is -0.379 e. The molecule has 0 radical (unpaired) electrons. The normalized spacial score (nSPS) is 22.7. The molecule has 2 aliphatic heterocycles. The van der Waals surface area contributed by atoms with Gasteiger partial charge in [0.2, 0.25) is 5.91 Å². The topological polar surface area (TPSA) is 66.0 Å². The van der Waals surface area contributed by atoms with Gasteiger partial charge >= 0.3 is 0 Å². The molecular formula is C22H31FN4O3. The van der Waals surface area contributed by atoms with E-state index >= 15 is 0 Å². The molecule has 1 aliphatic carbocycles. The molecule has 0 spiro atoms. The second-order valence-electron chi connectivity index (χ2n) is 8.49. The Labute approximate surface area is 177 Å². The molecule has 2 saturated heterocycles. The average Bonchev–Trinajstić information content (AvgIpc) is 3.20. The Morgan fingerprint density at radius 2 is 2.00 bits per heavy atom. The molecule has 3 heterocycles. The number of carbonyl (C=O) groups is 2. The molecule has 1 unspecified atom stereocenters. The quantitative estimate of drug-likeness (QED) is 0.676. The number of halogens is 1. The van der Waals surface area contributed by atoms with Crippen molar-refractivity contribution in [1.29, 1.82) is 0 Å². The van der Waals surface area contributed by atoms with Crippen molar-refractivity contribution in [3.05, 3.63) is 29.8 Å². The molecule has 1 saturated carbocycles. The number of ether oxygens (including phenoxy) is 1. The van der Waals surface area contributed by atoms with E-state index in [2.05, 4.69) is 9.88 Å². The van der Waals surface area contributed by atoms with Crippen molar-refractivity contribution in [2.45, 2.75) is 38.1 Å². The summed E-state index contributed by atoms with van der Waals surface area (Å²) in [6.07, 6.45) is 6.13. The largest absolute Gasteiger partial charge is 0.379 e. The maximum atomic E-state index is 14.0. The first-order valence-electron chi connectivity index (χ1n) is 11.1. The molecule has 1 atom stereocenters. The number of hydrogen-bond acceptors (Lipinski definition) is 5. The number of rotatable bonds is 7. The van der Waals surface area contributed by atoms with E-state index in [1.807, 2.05) is 4.90 Å². The molecule has 3 fully saturated rings. The van der Waals surface area contributed by atoms with Crippen molar-refractivity contribution in [3.63, 3.8) is 0 Å². The fourth-order valence-corrected chi connectivity index (χ4v) is 4.53. The summed E-state index contributed by atoms with van der Waals surface area (Å²) in [5.41, 5.74) is -0.137. The van der Waals surface area contributed by atoms with Crippen molar-refractivity contribution in [3.8, 4) is 0 Å². The zero-order valence-electron chi connectivity index (χ0n) is 17.5. The minimum atomic E-state index is -0.598. The van der Waals surface area contributed by atoms with Gasteiger partial charge in [-0.05, 0) is 37.8 Å². The van der Waals surface area contributed by atoms with Crippen LogP contribution in [0.3, 0.4) is 0 Å². The van der Waals surface area contributed by atoms with Crippen LogP contribution in [0, 0.1) is 11.7 Å². The van der Waals surface area contributed by atoms with Crippen LogP contribution in [-0.4, -0.2) is 90.0 Å². The second kappa shape index (κ2) is 9.83. The molecule has 2 amide bonds. The standard InChI is InChI=1S/C22H31FN4O3/c23-19-6-2-8-24-20(19)22(29)26-11-7-18(16-26)27(21(28)17-4-1-5-17)10-3-9-25-12-14-30-15-13-25/h2,6,8,17-18H,1,3-5,7,9-16H2. The number of carbonyl (C=O) groups excluding carboxylic acids is 2. The van der Waals surface area contributed by atoms with Gasteiger partial charge in [0.25, 0.3) is 5.91 Å². The molecular weight excluding hydrogens is 387 g/mol. The lowest BCUT2D eigenvalue weighted by Crippen LogP contribution is -2.48. The second-order valence-corrected chi connectivity index (χ2v) is 8.49. The molecule has 3 aliphatic rings. The van der Waals surface area contributed by atoms with E-state index in [0.717, 1.165) is 65.0 Å². The third-order valence-electron chi connectivity index (χ3n) is 6.57. The summed E-state index contributed by atoms with van der Waals surface area (Å²) in [5.74, 6) is -0.628. The van der Waals surface area contributed by atoms with E-state index in [1.165, 1.54) is 18.3 Å². The third kappa shape index (κ3) is 4.81. The number of hydrogen-bond donors (Lipinski definition) is 0. The molecule has 1 aromatic rings. The lowest BCUT2D eigenvalue weighted by atomic mass is 9.84. The summed E-state index contributed by atoms with van der Waals surface area (Å²) in [6, 6.07) is 2.73. The van der Waals surface area contributed by atoms with Crippen LogP contribution in [0.25, 0.3) is 0 Å². The number of amides is 2. The van der Waals surface area contributed by atoms with E-state index in [4.69, 9.17) is 4.74 Å². The molecule has 1 aromatic heterocycles. The van der Waals surface area contributed by atoms with Crippen molar-refractivity contribution >= 4 is 11.8 Å². The van der Waals surface area contributed by atoms with Crippen molar-refractivity contribution in [2.75, 3.05) is 52.5 Å². The predicted molar refractivity (Wildman–Crippen MR) is 109 cm³/mol. The maximum Gasteiger partial charge on any atom is 0.275 e. The van der Waals surface area contributed by atoms with Crippen LogP contribution in [0.15, 0.2) is 18.3 Å². The summed E-state index contributed by atoms with van der Waals surface area (Å²) < 4.78 is 19.4. The Bertz CT molecular complexity index is 752. The van der Waals surface area contributed by atoms with Gasteiger partial charge in [0.1, 0.15) is 0 Å². The van der Waals surface area contributed by atoms with Gasteiger partial charge < -0.3 is 14.5 Å². The van der Waals surface area contributed by atoms with Gasteiger partial charge in [-0.2, -0.15) is 0 Å². The van der Waals surface area contributed by atoms with Crippen molar-refractivity contribution in [2.24, 2.45) is 5.92 Å². The van der Waals surface area contributed by atoms with Gasteiger partial charge in [-0.3, -0.25) is 14.5 Å². The van der Waals surface area contributed by atoms with Crippen LogP contribution in [0.5, 0.6) is 0 Å². The highest BCUT2D eigenvalue weighted by atomic mass is 19.1. The molecule has 164 valence electrons. The third-order valence-corrected chi connectivity index (χ3v) is 6.57. The minimum absolute atomic E-state index is 0.00138. The first-order chi connectivity index (χ1) is 14.6. The van der Waals surface area contributed by atoms with Crippen LogP contribution in [-0.2, 0) is 9.53 Å². The summed E-state index contributed by atoms with van der Waals surface area (Å²) >= 11 is 0. The van der Waals surface area contributed by atoms with Crippen LogP contribution in [0.1, 0.15) is 42.6 Å². The van der Waals surface area contributed by atoms with Crippen LogP contribution in [0.4, 0.5) is 4.39 Å². The lowest BCUT2D eigenvalue weighted by Gasteiger charge is -2.36. The molecule has 4 rings (SSSR count). The number of aromatic nitrogens is 1. The Morgan fingerprint density at radius 3 is 2.70 bits per heavy atom. The molecule has 30 heavy (non-hydrogen) atoms. The monoisotopic (exact) mass is 418 g/mol. The van der Waals surface area contributed by atoms with E-state index < -0.39 is 5.82 Å². The van der Waals surface area contributed by atoms with E-state index in [0.29, 0.717) is 19.6 Å². The lowest BCUT2D eigenvalue weighted by molar-refractivity contribution is -0.140. The molecule has 7 nitrogen and oxygen atoms in total. The number of likely N-dealkylation sites (tertiary alicyclic amines) is 1. The first kappa shape index (κ1) is 21.2. The predicted octanol–water partition coefficient (Wildman–Crippen LogP) is 1.79. The molecule has 8 heteroatoms. The van der Waals surface area contributed by atoms with Gasteiger partial charge in [-0.15, -0.1) is 0 Å². The maximum absolute atomic E-state index is 14.0. The van der Waals surface area contributed by atoms with Gasteiger partial charge in [0.15, 0.2) is 11.5 Å². The molecule has 0 N–H and O–H groups in total. The molecule has 0 bridgehead atoms. The zero-order valence-corrected chi connectivity index (χ0v) is 17.5. The van der Waals surface area contributed by atoms with Gasteiger partial charge in [0, 0.05) is 51.4 Å². The van der Waals surface area contributed by atoms with Crippen LogP contribution >= 0.6 is 0 Å². The van der Waals surface area contributed by atoms with E-state index in [-0.39, 0.29) is 29.5 Å².